The number of phenols is 1. The molecule has 1 saturated heterocycles. The van der Waals surface area contributed by atoms with Crippen molar-refractivity contribution in [2.45, 2.75) is 19.3 Å². The van der Waals surface area contributed by atoms with Gasteiger partial charge in [-0.25, -0.2) is 0 Å². The maximum atomic E-state index is 12.3. The Morgan fingerprint density at radius 1 is 1.09 bits per heavy atom. The van der Waals surface area contributed by atoms with E-state index in [1.165, 1.54) is 6.07 Å². The van der Waals surface area contributed by atoms with E-state index in [1.807, 2.05) is 0 Å². The topological polar surface area (TPSA) is 81.1 Å². The van der Waals surface area contributed by atoms with Crippen molar-refractivity contribution in [1.29, 1.82) is 0 Å². The van der Waals surface area contributed by atoms with Gasteiger partial charge in [-0.2, -0.15) is 0 Å². The molecule has 1 heterocycles. The third kappa shape index (κ3) is 6.08. The molecule has 2 N–H and O–H groups in total. The summed E-state index contributed by atoms with van der Waals surface area (Å²) in [5.41, 5.74) is 0.509. The second-order valence-corrected chi connectivity index (χ2v) is 5.54. The molecule has 7 heteroatoms. The van der Waals surface area contributed by atoms with Crippen LogP contribution in [0.15, 0.2) is 24.3 Å². The highest BCUT2D eigenvalue weighted by Crippen LogP contribution is 2.14. The Hall–Kier alpha value is -1.79. The zero-order valence-corrected chi connectivity index (χ0v) is 13.8. The predicted molar refractivity (Wildman–Crippen MR) is 89.2 cm³/mol. The van der Waals surface area contributed by atoms with Gasteiger partial charge >= 0.3 is 5.97 Å². The van der Waals surface area contributed by atoms with Gasteiger partial charge in [0.1, 0.15) is 5.75 Å². The molecule has 0 saturated carbocycles. The Morgan fingerprint density at radius 3 is 2.39 bits per heavy atom. The van der Waals surface area contributed by atoms with E-state index in [1.54, 1.807) is 23.1 Å². The Morgan fingerprint density at radius 2 is 1.78 bits per heavy atom. The van der Waals surface area contributed by atoms with Gasteiger partial charge < -0.3 is 15.1 Å². The Kier molecular flexibility index (Phi) is 7.85. The van der Waals surface area contributed by atoms with Crippen LogP contribution in [0.5, 0.6) is 5.75 Å². The van der Waals surface area contributed by atoms with E-state index in [4.69, 9.17) is 5.11 Å². The lowest BCUT2D eigenvalue weighted by Crippen LogP contribution is -2.48. The molecule has 1 amide bonds. The first-order chi connectivity index (χ1) is 10.6. The van der Waals surface area contributed by atoms with Gasteiger partial charge in [0.05, 0.1) is 0 Å². The van der Waals surface area contributed by atoms with Crippen molar-refractivity contribution in [2.24, 2.45) is 0 Å². The predicted octanol–water partition coefficient (Wildman–Crippen LogP) is 1.83. The summed E-state index contributed by atoms with van der Waals surface area (Å²) in [6.07, 6.45) is 1.78. The van der Waals surface area contributed by atoms with Crippen molar-refractivity contribution < 1.29 is 19.8 Å². The molecule has 0 radical (unpaired) electrons. The van der Waals surface area contributed by atoms with Gasteiger partial charge in [-0.05, 0) is 37.6 Å². The monoisotopic (exact) mass is 342 g/mol. The van der Waals surface area contributed by atoms with Crippen molar-refractivity contribution in [1.82, 2.24) is 9.80 Å². The van der Waals surface area contributed by atoms with Crippen LogP contribution in [-0.2, 0) is 4.79 Å². The fourth-order valence-electron chi connectivity index (χ4n) is 2.61. The summed E-state index contributed by atoms with van der Waals surface area (Å²) in [5.74, 6) is -0.703. The number of carboxylic acids is 1. The highest BCUT2D eigenvalue weighted by atomic mass is 35.5. The van der Waals surface area contributed by atoms with Crippen LogP contribution >= 0.6 is 12.4 Å². The highest BCUT2D eigenvalue weighted by Gasteiger charge is 2.21. The first kappa shape index (κ1) is 19.3. The van der Waals surface area contributed by atoms with E-state index in [9.17, 15) is 14.7 Å². The SMILES string of the molecule is Cl.O=C(O)CCCCN1CCN(C(=O)c2cccc(O)c2)CC1. The molecule has 1 fully saturated rings. The normalized spacial score (nSPS) is 15.0. The lowest BCUT2D eigenvalue weighted by molar-refractivity contribution is -0.137. The molecule has 0 spiro atoms. The lowest BCUT2D eigenvalue weighted by Gasteiger charge is -2.34. The maximum Gasteiger partial charge on any atom is 0.303 e. The van der Waals surface area contributed by atoms with Crippen LogP contribution in [0.4, 0.5) is 0 Å². The minimum absolute atomic E-state index is 0. The molecule has 1 aliphatic rings. The second-order valence-electron chi connectivity index (χ2n) is 5.54. The number of phenolic OH excluding ortho intramolecular Hbond substituents is 1. The van der Waals surface area contributed by atoms with Crippen LogP contribution < -0.4 is 0 Å². The number of nitrogens with zero attached hydrogens (tertiary/aromatic N) is 2. The van der Waals surface area contributed by atoms with E-state index in [0.717, 1.165) is 26.1 Å². The molecule has 1 aromatic carbocycles. The lowest BCUT2D eigenvalue weighted by atomic mass is 10.1. The van der Waals surface area contributed by atoms with Gasteiger partial charge in [-0.1, -0.05) is 6.07 Å². The number of carbonyl (C=O) groups excluding carboxylic acids is 1. The van der Waals surface area contributed by atoms with Gasteiger partial charge in [0.2, 0.25) is 0 Å². The van der Waals surface area contributed by atoms with Gasteiger partial charge in [0.25, 0.3) is 5.91 Å². The van der Waals surface area contributed by atoms with Crippen molar-refractivity contribution in [3.05, 3.63) is 29.8 Å². The Bertz CT molecular complexity index is 531. The second kappa shape index (κ2) is 9.37. The number of rotatable bonds is 6. The summed E-state index contributed by atoms with van der Waals surface area (Å²) < 4.78 is 0. The van der Waals surface area contributed by atoms with E-state index in [-0.39, 0.29) is 30.5 Å². The number of aromatic hydroxyl groups is 1. The molecule has 0 aliphatic carbocycles. The molecule has 0 atom stereocenters. The molecule has 128 valence electrons. The van der Waals surface area contributed by atoms with E-state index in [2.05, 4.69) is 4.90 Å². The number of hydrogen-bond donors (Lipinski definition) is 2. The fraction of sp³-hybridized carbons (Fsp3) is 0.500. The minimum Gasteiger partial charge on any atom is -0.508 e. The molecular weight excluding hydrogens is 320 g/mol. The molecule has 1 aromatic rings. The van der Waals surface area contributed by atoms with Crippen LogP contribution in [0.3, 0.4) is 0 Å². The van der Waals surface area contributed by atoms with E-state index < -0.39 is 5.97 Å². The summed E-state index contributed by atoms with van der Waals surface area (Å²) in [5, 5.41) is 18.0. The summed E-state index contributed by atoms with van der Waals surface area (Å²) >= 11 is 0. The molecule has 2 rings (SSSR count). The van der Waals surface area contributed by atoms with Gasteiger partial charge in [0, 0.05) is 38.2 Å². The molecule has 6 nitrogen and oxygen atoms in total. The fourth-order valence-corrected chi connectivity index (χ4v) is 2.61. The number of halogens is 1. The van der Waals surface area contributed by atoms with Crippen molar-refractivity contribution in [3.63, 3.8) is 0 Å². The number of carboxylic acid groups (broad SMARTS) is 1. The number of aliphatic carboxylic acids is 1. The number of unbranched alkanes of at least 4 members (excludes halogenated alkanes) is 1. The number of amides is 1. The van der Waals surface area contributed by atoms with Crippen LogP contribution in [0, 0.1) is 0 Å². The summed E-state index contributed by atoms with van der Waals surface area (Å²) in [6, 6.07) is 6.41. The number of benzene rings is 1. The summed E-state index contributed by atoms with van der Waals surface area (Å²) in [7, 11) is 0. The quantitative estimate of drug-likeness (QED) is 0.771. The first-order valence-corrected chi connectivity index (χ1v) is 7.59. The van der Waals surface area contributed by atoms with Crippen molar-refractivity contribution >= 4 is 24.3 Å². The number of carbonyl (C=O) groups is 2. The maximum absolute atomic E-state index is 12.3. The average molecular weight is 343 g/mol. The molecule has 0 bridgehead atoms. The highest BCUT2D eigenvalue weighted by molar-refractivity contribution is 5.94. The summed E-state index contributed by atoms with van der Waals surface area (Å²) in [4.78, 5) is 26.8. The minimum atomic E-state index is -0.749. The summed E-state index contributed by atoms with van der Waals surface area (Å²) in [6.45, 7) is 3.80. The van der Waals surface area contributed by atoms with Crippen LogP contribution in [0.2, 0.25) is 0 Å². The largest absolute Gasteiger partial charge is 0.508 e. The molecule has 0 unspecified atom stereocenters. The smallest absolute Gasteiger partial charge is 0.303 e. The van der Waals surface area contributed by atoms with Crippen molar-refractivity contribution in [2.75, 3.05) is 32.7 Å². The van der Waals surface area contributed by atoms with Gasteiger partial charge in [0.15, 0.2) is 0 Å². The van der Waals surface area contributed by atoms with E-state index in [0.29, 0.717) is 25.1 Å². The van der Waals surface area contributed by atoms with Gasteiger partial charge in [-0.15, -0.1) is 12.4 Å². The molecule has 23 heavy (non-hydrogen) atoms. The zero-order chi connectivity index (χ0) is 15.9. The van der Waals surface area contributed by atoms with Crippen LogP contribution in [0.25, 0.3) is 0 Å². The third-order valence-corrected chi connectivity index (χ3v) is 3.87. The van der Waals surface area contributed by atoms with Crippen LogP contribution in [-0.4, -0.2) is 64.6 Å². The van der Waals surface area contributed by atoms with Crippen molar-refractivity contribution in [3.8, 4) is 5.75 Å². The average Bonchev–Trinajstić information content (AvgIpc) is 2.51. The molecule has 0 aromatic heterocycles. The molecule has 1 aliphatic heterocycles. The number of piperazine rings is 1. The number of hydrogen-bond acceptors (Lipinski definition) is 4. The standard InChI is InChI=1S/C16H22N2O4.ClH/c19-14-5-3-4-13(12-14)16(22)18-10-8-17(9-11-18)7-2-1-6-15(20)21;/h3-5,12,19H,1-2,6-11H2,(H,20,21);1H. The molecular formula is C16H23ClN2O4. The Balaban J connectivity index is 0.00000264. The third-order valence-electron chi connectivity index (χ3n) is 3.87. The first-order valence-electron chi connectivity index (χ1n) is 7.59. The Labute approximate surface area is 142 Å². The van der Waals surface area contributed by atoms with Crippen LogP contribution in [0.1, 0.15) is 29.6 Å². The van der Waals surface area contributed by atoms with E-state index >= 15 is 0 Å². The van der Waals surface area contributed by atoms with Gasteiger partial charge in [-0.3, -0.25) is 14.5 Å². The zero-order valence-electron chi connectivity index (χ0n) is 13.0.